The highest BCUT2D eigenvalue weighted by molar-refractivity contribution is 6.35. The number of amides is 4. The molecular weight excluding hydrogens is 336 g/mol. The Kier molecular flexibility index (Phi) is 5.01. The Hall–Kier alpha value is -3.16. The summed E-state index contributed by atoms with van der Waals surface area (Å²) in [7, 11) is 0. The molecule has 8 heteroatoms. The highest BCUT2D eigenvalue weighted by Crippen LogP contribution is 2.32. The first-order valence-corrected chi connectivity index (χ1v) is 8.41. The van der Waals surface area contributed by atoms with Crippen LogP contribution in [0, 0.1) is 0 Å². The zero-order chi connectivity index (χ0) is 18.7. The van der Waals surface area contributed by atoms with Crippen molar-refractivity contribution < 1.29 is 19.2 Å². The largest absolute Gasteiger partial charge is 0.345 e. The van der Waals surface area contributed by atoms with Crippen molar-refractivity contribution in [1.29, 1.82) is 0 Å². The van der Waals surface area contributed by atoms with E-state index in [4.69, 9.17) is 0 Å². The Bertz CT molecular complexity index is 785. The van der Waals surface area contributed by atoms with Gasteiger partial charge >= 0.3 is 11.8 Å². The molecule has 1 aromatic rings. The number of hydrogen-bond donors (Lipinski definition) is 3. The van der Waals surface area contributed by atoms with Crippen LogP contribution in [0.2, 0.25) is 0 Å². The van der Waals surface area contributed by atoms with Gasteiger partial charge in [0.25, 0.3) is 0 Å². The van der Waals surface area contributed by atoms with Gasteiger partial charge in [0.1, 0.15) is 0 Å². The third-order valence-electron chi connectivity index (χ3n) is 4.28. The molecule has 2 aliphatic rings. The summed E-state index contributed by atoms with van der Waals surface area (Å²) in [6.45, 7) is 1.42. The molecule has 8 nitrogen and oxygen atoms in total. The van der Waals surface area contributed by atoms with Crippen molar-refractivity contribution in [2.45, 2.75) is 38.3 Å². The molecule has 0 saturated heterocycles. The lowest BCUT2D eigenvalue weighted by Crippen LogP contribution is -2.49. The summed E-state index contributed by atoms with van der Waals surface area (Å²) < 4.78 is 0. The molecule has 0 bridgehead atoms. The molecule has 26 heavy (non-hydrogen) atoms. The average Bonchev–Trinajstić information content (AvgIpc) is 3.43. The number of carbonyl (C=O) groups excluding carboxylic acids is 4. The zero-order valence-corrected chi connectivity index (χ0v) is 14.3. The molecule has 0 spiro atoms. The van der Waals surface area contributed by atoms with E-state index in [0.717, 1.165) is 24.0 Å². The quantitative estimate of drug-likeness (QED) is 0.537. The Morgan fingerprint density at radius 3 is 2.50 bits per heavy atom. The molecule has 1 aliphatic carbocycles. The molecule has 1 aromatic carbocycles. The van der Waals surface area contributed by atoms with Crippen LogP contribution in [0.25, 0.3) is 6.08 Å². The minimum Gasteiger partial charge on any atom is -0.345 e. The number of carbonyl (C=O) groups is 4. The third-order valence-corrected chi connectivity index (χ3v) is 4.28. The zero-order valence-electron chi connectivity index (χ0n) is 14.3. The van der Waals surface area contributed by atoms with Crippen LogP contribution >= 0.6 is 0 Å². The Labute approximate surface area is 150 Å². The summed E-state index contributed by atoms with van der Waals surface area (Å²) in [5.74, 6) is -2.39. The van der Waals surface area contributed by atoms with E-state index in [0.29, 0.717) is 0 Å². The van der Waals surface area contributed by atoms with Gasteiger partial charge in [-0.2, -0.15) is 0 Å². The normalized spacial score (nSPS) is 17.9. The summed E-state index contributed by atoms with van der Waals surface area (Å²) >= 11 is 0. The standard InChI is InChI=1S/C18H20N4O4/c1-11(23)22-9-8-12-4-2-3-5-14(12)15(22)10-16(24)20-21-18(26)17(25)19-13-6-7-13/h2-5,8-9,13,15H,6-7,10H2,1H3,(H,19,25)(H,20,24)(H,21,26)/t15-/m0/s1. The maximum absolute atomic E-state index is 12.2. The van der Waals surface area contributed by atoms with Gasteiger partial charge in [-0.3, -0.25) is 30.0 Å². The Morgan fingerprint density at radius 2 is 1.81 bits per heavy atom. The molecule has 3 N–H and O–H groups in total. The SMILES string of the molecule is CC(=O)N1C=Cc2ccccc2[C@@H]1CC(=O)NNC(=O)C(=O)NC1CC1. The second kappa shape index (κ2) is 7.38. The number of hydrogen-bond acceptors (Lipinski definition) is 4. The summed E-state index contributed by atoms with van der Waals surface area (Å²) in [5, 5.41) is 2.53. The van der Waals surface area contributed by atoms with Crippen LogP contribution in [0.5, 0.6) is 0 Å². The van der Waals surface area contributed by atoms with Crippen molar-refractivity contribution in [1.82, 2.24) is 21.1 Å². The second-order valence-electron chi connectivity index (χ2n) is 6.34. The van der Waals surface area contributed by atoms with Gasteiger partial charge in [-0.15, -0.1) is 0 Å². The summed E-state index contributed by atoms with van der Waals surface area (Å²) in [4.78, 5) is 48.8. The van der Waals surface area contributed by atoms with Crippen LogP contribution in [-0.2, 0) is 19.2 Å². The van der Waals surface area contributed by atoms with Crippen LogP contribution in [0.4, 0.5) is 0 Å². The molecule has 0 unspecified atom stereocenters. The number of nitrogens with zero attached hydrogens (tertiary/aromatic N) is 1. The number of benzene rings is 1. The van der Waals surface area contributed by atoms with E-state index in [1.165, 1.54) is 11.8 Å². The molecule has 1 atom stereocenters. The maximum Gasteiger partial charge on any atom is 0.327 e. The van der Waals surface area contributed by atoms with Crippen molar-refractivity contribution in [3.63, 3.8) is 0 Å². The van der Waals surface area contributed by atoms with E-state index >= 15 is 0 Å². The van der Waals surface area contributed by atoms with Crippen molar-refractivity contribution in [3.05, 3.63) is 41.6 Å². The van der Waals surface area contributed by atoms with E-state index in [2.05, 4.69) is 16.2 Å². The Balaban J connectivity index is 1.61. The Morgan fingerprint density at radius 1 is 1.08 bits per heavy atom. The van der Waals surface area contributed by atoms with E-state index in [-0.39, 0.29) is 18.4 Å². The van der Waals surface area contributed by atoms with Crippen LogP contribution in [-0.4, -0.2) is 34.6 Å². The van der Waals surface area contributed by atoms with E-state index in [1.807, 2.05) is 30.3 Å². The molecule has 3 rings (SSSR count). The van der Waals surface area contributed by atoms with E-state index in [9.17, 15) is 19.2 Å². The molecule has 136 valence electrons. The second-order valence-corrected chi connectivity index (χ2v) is 6.34. The van der Waals surface area contributed by atoms with Crippen LogP contribution in [0.1, 0.15) is 43.4 Å². The predicted molar refractivity (Wildman–Crippen MR) is 92.8 cm³/mol. The fraction of sp³-hybridized carbons (Fsp3) is 0.333. The van der Waals surface area contributed by atoms with Crippen LogP contribution in [0.3, 0.4) is 0 Å². The van der Waals surface area contributed by atoms with Gasteiger partial charge in [-0.1, -0.05) is 24.3 Å². The minimum absolute atomic E-state index is 0.0501. The van der Waals surface area contributed by atoms with Gasteiger partial charge < -0.3 is 10.2 Å². The first kappa shape index (κ1) is 17.7. The number of hydrazine groups is 1. The third kappa shape index (κ3) is 4.08. The van der Waals surface area contributed by atoms with Gasteiger partial charge in [0.05, 0.1) is 12.5 Å². The summed E-state index contributed by atoms with van der Waals surface area (Å²) in [5.41, 5.74) is 6.11. The first-order chi connectivity index (χ1) is 12.5. The molecular formula is C18H20N4O4. The molecule has 1 heterocycles. The fourth-order valence-corrected chi connectivity index (χ4v) is 2.80. The van der Waals surface area contributed by atoms with Gasteiger partial charge in [0.2, 0.25) is 11.8 Å². The maximum atomic E-state index is 12.2. The average molecular weight is 356 g/mol. The smallest absolute Gasteiger partial charge is 0.327 e. The number of nitrogens with one attached hydrogen (secondary N) is 3. The fourth-order valence-electron chi connectivity index (χ4n) is 2.80. The summed E-state index contributed by atoms with van der Waals surface area (Å²) in [6.07, 6.45) is 5.13. The summed E-state index contributed by atoms with van der Waals surface area (Å²) in [6, 6.07) is 7.05. The van der Waals surface area contributed by atoms with E-state index < -0.39 is 23.8 Å². The van der Waals surface area contributed by atoms with Crippen LogP contribution < -0.4 is 16.2 Å². The van der Waals surface area contributed by atoms with E-state index in [1.54, 1.807) is 6.20 Å². The van der Waals surface area contributed by atoms with Crippen molar-refractivity contribution in [2.75, 3.05) is 0 Å². The monoisotopic (exact) mass is 356 g/mol. The van der Waals surface area contributed by atoms with Crippen molar-refractivity contribution in [3.8, 4) is 0 Å². The molecule has 1 saturated carbocycles. The first-order valence-electron chi connectivity index (χ1n) is 8.41. The lowest BCUT2D eigenvalue weighted by atomic mass is 9.93. The predicted octanol–water partition coefficient (Wildman–Crippen LogP) is 0.377. The lowest BCUT2D eigenvalue weighted by molar-refractivity contribution is -0.141. The number of rotatable bonds is 3. The molecule has 1 aliphatic heterocycles. The highest BCUT2D eigenvalue weighted by atomic mass is 16.2. The molecule has 1 fully saturated rings. The van der Waals surface area contributed by atoms with Gasteiger partial charge in [-0.05, 0) is 30.0 Å². The molecule has 4 amide bonds. The molecule has 0 radical (unpaired) electrons. The van der Waals surface area contributed by atoms with Gasteiger partial charge in [0, 0.05) is 19.2 Å². The highest BCUT2D eigenvalue weighted by Gasteiger charge is 2.29. The van der Waals surface area contributed by atoms with Crippen molar-refractivity contribution >= 4 is 29.7 Å². The topological polar surface area (TPSA) is 108 Å². The van der Waals surface area contributed by atoms with Crippen molar-refractivity contribution in [2.24, 2.45) is 0 Å². The van der Waals surface area contributed by atoms with Crippen LogP contribution in [0.15, 0.2) is 30.5 Å². The van der Waals surface area contributed by atoms with Gasteiger partial charge in [0.15, 0.2) is 0 Å². The number of fused-ring (bicyclic) bond motifs is 1. The minimum atomic E-state index is -0.919. The molecule has 0 aromatic heterocycles. The lowest BCUT2D eigenvalue weighted by Gasteiger charge is -2.32. The van der Waals surface area contributed by atoms with Gasteiger partial charge in [-0.25, -0.2) is 0 Å².